The van der Waals surface area contributed by atoms with Gasteiger partial charge in [0.05, 0.1) is 16.8 Å². The van der Waals surface area contributed by atoms with Crippen molar-refractivity contribution in [2.75, 3.05) is 30.4 Å². The van der Waals surface area contributed by atoms with Gasteiger partial charge >= 0.3 is 5.97 Å². The quantitative estimate of drug-likeness (QED) is 0.0637. The maximum absolute atomic E-state index is 14.6. The number of aliphatic hydroxyl groups excluding tert-OH is 1. The van der Waals surface area contributed by atoms with E-state index in [0.717, 1.165) is 32.7 Å². The Kier molecular flexibility index (Phi) is 11.4. The van der Waals surface area contributed by atoms with Gasteiger partial charge in [0, 0.05) is 11.4 Å². The molecule has 0 radical (unpaired) electrons. The second-order valence-corrected chi connectivity index (χ2v) is 12.8. The normalized spacial score (nSPS) is 12.1. The minimum atomic E-state index is -1.18. The van der Waals surface area contributed by atoms with E-state index in [1.54, 1.807) is 18.2 Å². The third-order valence-corrected chi connectivity index (χ3v) is 9.14. The van der Waals surface area contributed by atoms with Crippen molar-refractivity contribution >= 4 is 66.8 Å². The van der Waals surface area contributed by atoms with Crippen LogP contribution in [0.3, 0.4) is 0 Å². The number of rotatable bonds is 16. The molecule has 5 rings (SSSR count). The van der Waals surface area contributed by atoms with Crippen molar-refractivity contribution in [2.24, 2.45) is 0 Å². The summed E-state index contributed by atoms with van der Waals surface area (Å²) in [6.07, 6.45) is 4.53. The van der Waals surface area contributed by atoms with Crippen LogP contribution in [0.15, 0.2) is 54.6 Å². The van der Waals surface area contributed by atoms with Gasteiger partial charge in [-0.25, -0.2) is 19.2 Å². The summed E-state index contributed by atoms with van der Waals surface area (Å²) in [5, 5.41) is 37.1. The number of halogens is 1. The van der Waals surface area contributed by atoms with Gasteiger partial charge in [0.25, 0.3) is 0 Å². The smallest absolute Gasteiger partial charge is 0.355 e. The second kappa shape index (κ2) is 15.9. The molecule has 47 heavy (non-hydrogen) atoms. The summed E-state index contributed by atoms with van der Waals surface area (Å²) in [6.45, 7) is 4.66. The Labute approximate surface area is 279 Å². The number of aliphatic hydroxyl groups is 1. The average Bonchev–Trinajstić information content (AvgIpc) is 3.66. The maximum atomic E-state index is 14.6. The highest BCUT2D eigenvalue weighted by Crippen LogP contribution is 2.35. The number of carboxylic acid groups (broad SMARTS) is 1. The van der Waals surface area contributed by atoms with E-state index in [9.17, 15) is 19.4 Å². The SMILES string of the molecule is CCCC(O)N(c1cc(C)c(Nc2nc3ccccc3s2)nn1)c1nc(C(=O)O)c(CCCOc2ccc(/C=C/CNC)cc2F)s1. The molecule has 0 spiro atoms. The van der Waals surface area contributed by atoms with Crippen LogP contribution in [0, 0.1) is 12.7 Å². The first-order valence-corrected chi connectivity index (χ1v) is 16.8. The van der Waals surface area contributed by atoms with E-state index >= 15 is 0 Å². The minimum absolute atomic E-state index is 0.110. The monoisotopic (exact) mass is 677 g/mol. The van der Waals surface area contributed by atoms with Gasteiger partial charge in [-0.2, -0.15) is 0 Å². The number of thiazole rings is 2. The molecule has 4 N–H and O–H groups in total. The lowest BCUT2D eigenvalue weighted by Crippen LogP contribution is -2.31. The zero-order chi connectivity index (χ0) is 33.3. The van der Waals surface area contributed by atoms with E-state index in [4.69, 9.17) is 4.74 Å². The van der Waals surface area contributed by atoms with Gasteiger partial charge in [0.15, 0.2) is 39.2 Å². The summed E-state index contributed by atoms with van der Waals surface area (Å²) in [5.41, 5.74) is 2.25. The molecule has 0 amide bonds. The van der Waals surface area contributed by atoms with Crippen LogP contribution in [0.1, 0.15) is 52.7 Å². The van der Waals surface area contributed by atoms with Crippen molar-refractivity contribution in [2.45, 2.75) is 45.8 Å². The molecule has 0 aliphatic rings. The van der Waals surface area contributed by atoms with Gasteiger partial charge < -0.3 is 25.6 Å². The number of para-hydroxylation sites is 1. The molecule has 246 valence electrons. The fourth-order valence-corrected chi connectivity index (χ4v) is 6.76. The highest BCUT2D eigenvalue weighted by atomic mass is 32.1. The molecule has 0 aliphatic heterocycles. The van der Waals surface area contributed by atoms with Crippen LogP contribution >= 0.6 is 22.7 Å². The minimum Gasteiger partial charge on any atom is -0.491 e. The first kappa shape index (κ1) is 33.9. The second-order valence-electron chi connectivity index (χ2n) is 10.7. The highest BCUT2D eigenvalue weighted by molar-refractivity contribution is 7.22. The van der Waals surface area contributed by atoms with Crippen LogP contribution in [0.2, 0.25) is 0 Å². The molecule has 3 aromatic heterocycles. The number of ether oxygens (including phenoxy) is 1. The number of carboxylic acids is 1. The predicted octanol–water partition coefficient (Wildman–Crippen LogP) is 6.93. The number of carbonyl (C=O) groups is 1. The summed E-state index contributed by atoms with van der Waals surface area (Å²) in [5.74, 6) is -0.679. The Balaban J connectivity index is 1.31. The molecular weight excluding hydrogens is 642 g/mol. The van der Waals surface area contributed by atoms with E-state index in [0.29, 0.717) is 53.9 Å². The Bertz CT molecular complexity index is 1830. The lowest BCUT2D eigenvalue weighted by molar-refractivity contribution is 0.0689. The van der Waals surface area contributed by atoms with Gasteiger partial charge in [0.1, 0.15) is 6.23 Å². The van der Waals surface area contributed by atoms with Crippen LogP contribution in [-0.4, -0.2) is 62.8 Å². The van der Waals surface area contributed by atoms with Crippen LogP contribution in [-0.2, 0) is 6.42 Å². The Morgan fingerprint density at radius 3 is 2.70 bits per heavy atom. The molecular formula is C33H36FN7O4S2. The number of nitrogens with zero attached hydrogens (tertiary/aromatic N) is 5. The summed E-state index contributed by atoms with van der Waals surface area (Å²) in [6, 6.07) is 14.4. The maximum Gasteiger partial charge on any atom is 0.355 e. The number of benzene rings is 2. The molecule has 0 bridgehead atoms. The fourth-order valence-electron chi connectivity index (χ4n) is 4.75. The zero-order valence-electron chi connectivity index (χ0n) is 26.2. The predicted molar refractivity (Wildman–Crippen MR) is 185 cm³/mol. The van der Waals surface area contributed by atoms with E-state index in [-0.39, 0.29) is 23.2 Å². The molecule has 2 aromatic carbocycles. The topological polar surface area (TPSA) is 146 Å². The fraction of sp³-hybridized carbons (Fsp3) is 0.303. The molecule has 1 atom stereocenters. The van der Waals surface area contributed by atoms with Gasteiger partial charge in [-0.15, -0.1) is 21.5 Å². The summed E-state index contributed by atoms with van der Waals surface area (Å²) < 4.78 is 21.3. The number of hydrogen-bond donors (Lipinski definition) is 4. The number of aromatic carboxylic acids is 1. The summed E-state index contributed by atoms with van der Waals surface area (Å²) in [7, 11) is 1.83. The third-order valence-electron chi connectivity index (χ3n) is 7.07. The van der Waals surface area contributed by atoms with E-state index in [1.165, 1.54) is 22.3 Å². The molecule has 0 aliphatic carbocycles. The Hall–Kier alpha value is -4.50. The van der Waals surface area contributed by atoms with Crippen LogP contribution in [0.4, 0.5) is 26.3 Å². The van der Waals surface area contributed by atoms with Crippen molar-refractivity contribution in [3.63, 3.8) is 0 Å². The van der Waals surface area contributed by atoms with Gasteiger partial charge in [-0.3, -0.25) is 4.90 Å². The molecule has 0 fully saturated rings. The number of fused-ring (bicyclic) bond motifs is 1. The lowest BCUT2D eigenvalue weighted by atomic mass is 10.2. The highest BCUT2D eigenvalue weighted by Gasteiger charge is 2.27. The molecule has 0 saturated heterocycles. The number of aryl methyl sites for hydroxylation is 2. The standard InChI is InChI=1S/C33H36FN7O4S2/c1-4-9-28(42)41(27-18-20(2)30(40-39-27)38-32-36-23-11-5-6-12-25(23)46-32)33-37-29(31(43)44)26(47-33)13-8-17-45-24-15-14-21(19-22(24)34)10-7-16-35-3/h5-7,10-12,14-15,18-19,28,35,42H,4,8-9,13,16-17H2,1-3H3,(H,43,44)(H,36,38,40)/b10-7+. The number of aromatic nitrogens is 4. The first-order valence-electron chi connectivity index (χ1n) is 15.2. The molecule has 5 aromatic rings. The lowest BCUT2D eigenvalue weighted by Gasteiger charge is -2.26. The van der Waals surface area contributed by atoms with Crippen molar-refractivity contribution in [1.82, 2.24) is 25.5 Å². The van der Waals surface area contributed by atoms with Crippen LogP contribution in [0.5, 0.6) is 5.75 Å². The first-order chi connectivity index (χ1) is 22.8. The number of anilines is 4. The van der Waals surface area contributed by atoms with Crippen LogP contribution in [0.25, 0.3) is 16.3 Å². The van der Waals surface area contributed by atoms with E-state index in [2.05, 4.69) is 30.8 Å². The van der Waals surface area contributed by atoms with Crippen molar-refractivity contribution in [3.05, 3.63) is 82.1 Å². The van der Waals surface area contributed by atoms with Crippen LogP contribution < -0.4 is 20.3 Å². The summed E-state index contributed by atoms with van der Waals surface area (Å²) >= 11 is 2.66. The number of hydrogen-bond acceptors (Lipinski definition) is 12. The molecule has 0 saturated carbocycles. The van der Waals surface area contributed by atoms with E-state index < -0.39 is 18.0 Å². The largest absolute Gasteiger partial charge is 0.491 e. The molecule has 11 nitrogen and oxygen atoms in total. The Morgan fingerprint density at radius 2 is 1.98 bits per heavy atom. The van der Waals surface area contributed by atoms with Gasteiger partial charge in [0.2, 0.25) is 0 Å². The van der Waals surface area contributed by atoms with E-state index in [1.807, 2.05) is 57.3 Å². The average molecular weight is 678 g/mol. The van der Waals surface area contributed by atoms with Gasteiger partial charge in [-0.1, -0.05) is 55.0 Å². The molecule has 3 heterocycles. The Morgan fingerprint density at radius 1 is 1.15 bits per heavy atom. The van der Waals surface area contributed by atoms with Crippen molar-refractivity contribution in [3.8, 4) is 5.75 Å². The van der Waals surface area contributed by atoms with Crippen molar-refractivity contribution in [1.29, 1.82) is 0 Å². The third kappa shape index (κ3) is 8.46. The molecule has 1 unspecified atom stereocenters. The zero-order valence-corrected chi connectivity index (χ0v) is 27.9. The number of nitrogens with one attached hydrogen (secondary N) is 2. The molecule has 14 heteroatoms. The number of likely N-dealkylation sites (N-methyl/N-ethyl adjacent to an activating group) is 1. The van der Waals surface area contributed by atoms with Gasteiger partial charge in [-0.05, 0) is 74.7 Å². The van der Waals surface area contributed by atoms with Crippen molar-refractivity contribution < 1.29 is 24.1 Å². The summed E-state index contributed by atoms with van der Waals surface area (Å²) in [4.78, 5) is 23.2.